The van der Waals surface area contributed by atoms with E-state index in [2.05, 4.69) is 10.3 Å². The van der Waals surface area contributed by atoms with Crippen molar-refractivity contribution in [2.45, 2.75) is 38.6 Å². The molecule has 0 spiro atoms. The van der Waals surface area contributed by atoms with Crippen LogP contribution < -0.4 is 5.32 Å². The molecule has 6 nitrogen and oxygen atoms in total. The zero-order valence-electron chi connectivity index (χ0n) is 13.5. The molecule has 1 heterocycles. The first-order valence-electron chi connectivity index (χ1n) is 7.43. The van der Waals surface area contributed by atoms with E-state index in [1.165, 1.54) is 6.20 Å². The van der Waals surface area contributed by atoms with Crippen molar-refractivity contribution in [3.63, 3.8) is 0 Å². The first-order valence-corrected chi connectivity index (χ1v) is 7.43. The molecule has 0 fully saturated rings. The summed E-state index contributed by atoms with van der Waals surface area (Å²) in [5.74, 6) is 0. The highest BCUT2D eigenvalue weighted by Gasteiger charge is 2.23. The van der Waals surface area contributed by atoms with Crippen molar-refractivity contribution in [3.05, 3.63) is 42.2 Å². The molecule has 2 aromatic rings. The van der Waals surface area contributed by atoms with Crippen LogP contribution >= 0.6 is 0 Å². The minimum absolute atomic E-state index is 0.126. The smallest absolute Gasteiger partial charge is 0.407 e. The van der Waals surface area contributed by atoms with Crippen LogP contribution in [0.5, 0.6) is 0 Å². The molecule has 0 aliphatic rings. The molecule has 1 aromatic carbocycles. The lowest BCUT2D eigenvalue weighted by molar-refractivity contribution is 0.0135. The van der Waals surface area contributed by atoms with E-state index in [4.69, 9.17) is 4.74 Å². The van der Waals surface area contributed by atoms with Gasteiger partial charge in [-0.05, 0) is 26.2 Å². The predicted molar refractivity (Wildman–Crippen MR) is 86.9 cm³/mol. The molecule has 0 saturated carbocycles. The number of carbonyl (C=O) groups is 1. The minimum atomic E-state index is -1.17. The van der Waals surface area contributed by atoms with E-state index in [1.807, 2.05) is 24.3 Å². The number of pyridine rings is 1. The van der Waals surface area contributed by atoms with Crippen LogP contribution in [0.25, 0.3) is 10.8 Å². The number of nitrogens with zero attached hydrogens (tertiary/aromatic N) is 1. The van der Waals surface area contributed by atoms with Gasteiger partial charge in [-0.2, -0.15) is 0 Å². The fourth-order valence-electron chi connectivity index (χ4n) is 2.20. The van der Waals surface area contributed by atoms with E-state index in [9.17, 15) is 15.0 Å². The molecule has 2 unspecified atom stereocenters. The van der Waals surface area contributed by atoms with Crippen LogP contribution in [0.15, 0.2) is 36.7 Å². The second-order valence-electron chi connectivity index (χ2n) is 6.34. The number of hydrogen-bond acceptors (Lipinski definition) is 5. The van der Waals surface area contributed by atoms with E-state index >= 15 is 0 Å². The third-order valence-corrected chi connectivity index (χ3v) is 3.24. The van der Waals surface area contributed by atoms with Crippen molar-refractivity contribution in [3.8, 4) is 0 Å². The number of alkyl carbamates (subject to hydrolysis) is 1. The van der Waals surface area contributed by atoms with Gasteiger partial charge in [0.15, 0.2) is 0 Å². The van der Waals surface area contributed by atoms with Crippen molar-refractivity contribution in [2.24, 2.45) is 0 Å². The summed E-state index contributed by atoms with van der Waals surface area (Å²) in [5.41, 5.74) is -0.102. The van der Waals surface area contributed by atoms with Gasteiger partial charge in [0, 0.05) is 29.9 Å². The Labute approximate surface area is 135 Å². The maximum absolute atomic E-state index is 11.6. The number of hydrogen-bond donors (Lipinski definition) is 3. The number of aromatic nitrogens is 1. The maximum Gasteiger partial charge on any atom is 0.407 e. The van der Waals surface area contributed by atoms with Gasteiger partial charge < -0.3 is 20.3 Å². The van der Waals surface area contributed by atoms with Gasteiger partial charge in [0.05, 0.1) is 0 Å². The highest BCUT2D eigenvalue weighted by Crippen LogP contribution is 2.25. The molecule has 1 amide bonds. The number of amides is 1. The summed E-state index contributed by atoms with van der Waals surface area (Å²) >= 11 is 0. The summed E-state index contributed by atoms with van der Waals surface area (Å²) in [6.07, 6.45) is 0.235. The third kappa shape index (κ3) is 4.64. The van der Waals surface area contributed by atoms with Crippen LogP contribution in [-0.2, 0) is 4.74 Å². The summed E-state index contributed by atoms with van der Waals surface area (Å²) in [6, 6.07) is 7.46. The second-order valence-corrected chi connectivity index (χ2v) is 6.34. The molecule has 1 aromatic heterocycles. The van der Waals surface area contributed by atoms with Gasteiger partial charge >= 0.3 is 6.09 Å². The quantitative estimate of drug-likeness (QED) is 0.803. The van der Waals surface area contributed by atoms with Crippen LogP contribution in [0.4, 0.5) is 4.79 Å². The molecule has 2 rings (SSSR count). The number of nitrogens with one attached hydrogen (secondary N) is 1. The number of aliphatic hydroxyl groups excluding tert-OH is 2. The Kier molecular flexibility index (Phi) is 5.18. The molecule has 0 bridgehead atoms. The van der Waals surface area contributed by atoms with Crippen molar-refractivity contribution in [2.75, 3.05) is 6.54 Å². The average Bonchev–Trinajstić information content (AvgIpc) is 2.49. The van der Waals surface area contributed by atoms with Crippen molar-refractivity contribution < 1.29 is 19.7 Å². The standard InChI is InChI=1S/C17H22N2O4/c1-17(2,3)23-16(22)19-10-14(20)15(21)13-9-18-8-11-6-4-5-7-12(11)13/h4-9,14-15,20-21H,10H2,1-3H3,(H,19,22). The van der Waals surface area contributed by atoms with Crippen LogP contribution in [-0.4, -0.2) is 39.5 Å². The molecule has 124 valence electrons. The largest absolute Gasteiger partial charge is 0.444 e. The average molecular weight is 318 g/mol. The monoisotopic (exact) mass is 318 g/mol. The molecule has 6 heteroatoms. The predicted octanol–water partition coefficient (Wildman–Crippen LogP) is 2.15. The zero-order chi connectivity index (χ0) is 17.0. The Morgan fingerprint density at radius 3 is 2.65 bits per heavy atom. The minimum Gasteiger partial charge on any atom is -0.444 e. The van der Waals surface area contributed by atoms with E-state index in [0.29, 0.717) is 5.56 Å². The van der Waals surface area contributed by atoms with Crippen LogP contribution in [0, 0.1) is 0 Å². The van der Waals surface area contributed by atoms with Crippen LogP contribution in [0.2, 0.25) is 0 Å². The Bertz CT molecular complexity index is 676. The van der Waals surface area contributed by atoms with E-state index in [1.54, 1.807) is 27.0 Å². The Morgan fingerprint density at radius 1 is 1.26 bits per heavy atom. The summed E-state index contributed by atoms with van der Waals surface area (Å²) in [6.45, 7) is 5.12. The number of fused-ring (bicyclic) bond motifs is 1. The topological polar surface area (TPSA) is 91.7 Å². The van der Waals surface area contributed by atoms with Gasteiger partial charge in [-0.1, -0.05) is 24.3 Å². The molecule has 23 heavy (non-hydrogen) atoms. The number of aliphatic hydroxyl groups is 2. The fraction of sp³-hybridized carbons (Fsp3) is 0.412. The molecule has 0 aliphatic heterocycles. The lowest BCUT2D eigenvalue weighted by Crippen LogP contribution is -2.38. The van der Waals surface area contributed by atoms with Crippen molar-refractivity contribution in [1.29, 1.82) is 0 Å². The summed E-state index contributed by atoms with van der Waals surface area (Å²) < 4.78 is 5.09. The highest BCUT2D eigenvalue weighted by molar-refractivity contribution is 5.85. The van der Waals surface area contributed by atoms with E-state index < -0.39 is 23.9 Å². The second kappa shape index (κ2) is 6.93. The van der Waals surface area contributed by atoms with E-state index in [0.717, 1.165) is 10.8 Å². The molecule has 2 atom stereocenters. The number of benzene rings is 1. The van der Waals surface area contributed by atoms with Gasteiger partial charge in [0.2, 0.25) is 0 Å². The molecule has 0 saturated heterocycles. The SMILES string of the molecule is CC(C)(C)OC(=O)NCC(O)C(O)c1cncc2ccccc12. The van der Waals surface area contributed by atoms with Gasteiger partial charge in [0.1, 0.15) is 17.8 Å². The van der Waals surface area contributed by atoms with Gasteiger partial charge in [-0.15, -0.1) is 0 Å². The lowest BCUT2D eigenvalue weighted by atomic mass is 10.00. The summed E-state index contributed by atoms with van der Waals surface area (Å²) in [7, 11) is 0. The lowest BCUT2D eigenvalue weighted by Gasteiger charge is -2.22. The first kappa shape index (κ1) is 17.2. The van der Waals surface area contributed by atoms with Gasteiger partial charge in [-0.3, -0.25) is 4.98 Å². The van der Waals surface area contributed by atoms with Gasteiger partial charge in [-0.25, -0.2) is 4.79 Å². The highest BCUT2D eigenvalue weighted by atomic mass is 16.6. The van der Waals surface area contributed by atoms with Crippen molar-refractivity contribution >= 4 is 16.9 Å². The number of carbonyl (C=O) groups excluding carboxylic acids is 1. The molecule has 3 N–H and O–H groups in total. The first-order chi connectivity index (χ1) is 10.8. The maximum atomic E-state index is 11.6. The zero-order valence-corrected chi connectivity index (χ0v) is 13.5. The Balaban J connectivity index is 2.04. The normalized spacial score (nSPS) is 14.3. The Hall–Kier alpha value is -2.18. The number of rotatable bonds is 4. The summed E-state index contributed by atoms with van der Waals surface area (Å²) in [5, 5.41) is 24.6. The molecular weight excluding hydrogens is 296 g/mol. The fourth-order valence-corrected chi connectivity index (χ4v) is 2.20. The molecular formula is C17H22N2O4. The van der Waals surface area contributed by atoms with Crippen LogP contribution in [0.1, 0.15) is 32.4 Å². The van der Waals surface area contributed by atoms with Gasteiger partial charge in [0.25, 0.3) is 0 Å². The summed E-state index contributed by atoms with van der Waals surface area (Å²) in [4.78, 5) is 15.7. The van der Waals surface area contributed by atoms with E-state index in [-0.39, 0.29) is 6.54 Å². The van der Waals surface area contributed by atoms with Crippen molar-refractivity contribution in [1.82, 2.24) is 10.3 Å². The Morgan fingerprint density at radius 2 is 1.96 bits per heavy atom. The molecule has 0 radical (unpaired) electrons. The third-order valence-electron chi connectivity index (χ3n) is 3.24. The molecule has 0 aliphatic carbocycles. The number of ether oxygens (including phenoxy) is 1. The van der Waals surface area contributed by atoms with Crippen LogP contribution in [0.3, 0.4) is 0 Å².